The van der Waals surface area contributed by atoms with E-state index in [2.05, 4.69) is 20.8 Å². The van der Waals surface area contributed by atoms with Crippen LogP contribution in [0, 0.1) is 21.4 Å². The Bertz CT molecular complexity index is 723. The number of rotatable bonds is 3. The third-order valence-electron chi connectivity index (χ3n) is 4.85. The SMILES string of the molecule is CC(C)(C)C1CCCN(c2cccc(S(C)(=O)=O)c2[N+](=O)[O-])CC1. The first-order valence-corrected chi connectivity index (χ1v) is 10.1. The number of benzene rings is 1. The number of nitrogens with zero attached hydrogens (tertiary/aromatic N) is 2. The van der Waals surface area contributed by atoms with Gasteiger partial charge in [-0.05, 0) is 42.7 Å². The van der Waals surface area contributed by atoms with Gasteiger partial charge in [-0.3, -0.25) is 10.1 Å². The van der Waals surface area contributed by atoms with E-state index in [1.165, 1.54) is 6.07 Å². The lowest BCUT2D eigenvalue weighted by Gasteiger charge is -2.30. The number of hydrogen-bond donors (Lipinski definition) is 0. The predicted molar refractivity (Wildman–Crippen MR) is 95.2 cm³/mol. The van der Waals surface area contributed by atoms with Crippen molar-refractivity contribution < 1.29 is 13.3 Å². The van der Waals surface area contributed by atoms with Crippen LogP contribution in [0.1, 0.15) is 40.0 Å². The minimum Gasteiger partial charge on any atom is -0.366 e. The van der Waals surface area contributed by atoms with Crippen LogP contribution >= 0.6 is 0 Å². The van der Waals surface area contributed by atoms with E-state index in [1.54, 1.807) is 12.1 Å². The lowest BCUT2D eigenvalue weighted by atomic mass is 9.77. The summed E-state index contributed by atoms with van der Waals surface area (Å²) in [5, 5.41) is 11.6. The van der Waals surface area contributed by atoms with Gasteiger partial charge in [0.25, 0.3) is 0 Å². The van der Waals surface area contributed by atoms with Crippen LogP contribution < -0.4 is 4.90 Å². The molecule has 7 heteroatoms. The van der Waals surface area contributed by atoms with Crippen molar-refractivity contribution in [3.63, 3.8) is 0 Å². The second kappa shape index (κ2) is 6.70. The molecule has 1 atom stereocenters. The van der Waals surface area contributed by atoms with Crippen molar-refractivity contribution in [3.05, 3.63) is 28.3 Å². The summed E-state index contributed by atoms with van der Waals surface area (Å²) in [6.45, 7) is 8.08. The number of para-hydroxylation sites is 1. The average Bonchev–Trinajstić information content (AvgIpc) is 2.70. The molecule has 1 unspecified atom stereocenters. The van der Waals surface area contributed by atoms with Gasteiger partial charge in [-0.25, -0.2) is 8.42 Å². The monoisotopic (exact) mass is 354 g/mol. The van der Waals surface area contributed by atoms with E-state index in [9.17, 15) is 18.5 Å². The Morgan fingerprint density at radius 3 is 2.42 bits per heavy atom. The first-order chi connectivity index (χ1) is 11.0. The molecule has 1 aromatic rings. The predicted octanol–water partition coefficient (Wildman–Crippen LogP) is 3.65. The van der Waals surface area contributed by atoms with Crippen LogP contribution in [0.2, 0.25) is 0 Å². The van der Waals surface area contributed by atoms with Crippen LogP contribution in [-0.4, -0.2) is 32.7 Å². The standard InChI is InChI=1S/C17H26N2O4S/c1-17(2,3)13-7-6-11-18(12-10-13)14-8-5-9-15(24(4,22)23)16(14)19(20)21/h5,8-9,13H,6-7,10-12H2,1-4H3. The molecule has 0 bridgehead atoms. The van der Waals surface area contributed by atoms with Crippen molar-refractivity contribution in [2.24, 2.45) is 11.3 Å². The molecule has 1 aliphatic heterocycles. The lowest BCUT2D eigenvalue weighted by molar-refractivity contribution is -0.387. The third-order valence-corrected chi connectivity index (χ3v) is 5.98. The zero-order chi connectivity index (χ0) is 18.1. The van der Waals surface area contributed by atoms with Gasteiger partial charge in [0, 0.05) is 19.3 Å². The van der Waals surface area contributed by atoms with Crippen LogP contribution in [0.4, 0.5) is 11.4 Å². The highest BCUT2D eigenvalue weighted by Crippen LogP contribution is 2.39. The van der Waals surface area contributed by atoms with Crippen molar-refractivity contribution in [1.82, 2.24) is 0 Å². The zero-order valence-corrected chi connectivity index (χ0v) is 15.6. The summed E-state index contributed by atoms with van der Waals surface area (Å²) in [4.78, 5) is 12.7. The second-order valence-electron chi connectivity index (χ2n) is 7.63. The molecule has 0 saturated carbocycles. The molecular weight excluding hydrogens is 328 g/mol. The highest BCUT2D eigenvalue weighted by atomic mass is 32.2. The van der Waals surface area contributed by atoms with Gasteiger partial charge in [0.1, 0.15) is 10.6 Å². The van der Waals surface area contributed by atoms with E-state index in [1.807, 2.05) is 4.90 Å². The van der Waals surface area contributed by atoms with Gasteiger partial charge in [-0.1, -0.05) is 26.8 Å². The van der Waals surface area contributed by atoms with Crippen molar-refractivity contribution >= 4 is 21.2 Å². The summed E-state index contributed by atoms with van der Waals surface area (Å²) in [6, 6.07) is 4.56. The highest BCUT2D eigenvalue weighted by molar-refractivity contribution is 7.90. The van der Waals surface area contributed by atoms with Crippen molar-refractivity contribution in [1.29, 1.82) is 0 Å². The number of nitro benzene ring substituents is 1. The lowest BCUT2D eigenvalue weighted by Crippen LogP contribution is -2.27. The number of sulfone groups is 1. The molecule has 1 aromatic carbocycles. The molecule has 0 spiro atoms. The Labute approximate surface area is 143 Å². The van der Waals surface area contributed by atoms with E-state index >= 15 is 0 Å². The van der Waals surface area contributed by atoms with E-state index in [-0.39, 0.29) is 16.0 Å². The fraction of sp³-hybridized carbons (Fsp3) is 0.647. The molecule has 0 radical (unpaired) electrons. The number of nitro groups is 1. The second-order valence-corrected chi connectivity index (χ2v) is 9.62. The first kappa shape index (κ1) is 18.7. The summed E-state index contributed by atoms with van der Waals surface area (Å²) < 4.78 is 23.8. The Morgan fingerprint density at radius 2 is 1.88 bits per heavy atom. The summed E-state index contributed by atoms with van der Waals surface area (Å²) in [7, 11) is -3.65. The summed E-state index contributed by atoms with van der Waals surface area (Å²) >= 11 is 0. The topological polar surface area (TPSA) is 80.5 Å². The van der Waals surface area contributed by atoms with Crippen molar-refractivity contribution in [2.45, 2.75) is 44.9 Å². The van der Waals surface area contributed by atoms with Crippen molar-refractivity contribution in [2.75, 3.05) is 24.2 Å². The summed E-state index contributed by atoms with van der Waals surface area (Å²) in [5.41, 5.74) is 0.322. The fourth-order valence-electron chi connectivity index (χ4n) is 3.45. The maximum atomic E-state index is 11.9. The molecule has 0 N–H and O–H groups in total. The fourth-order valence-corrected chi connectivity index (χ4v) is 4.31. The summed E-state index contributed by atoms with van der Waals surface area (Å²) in [5.74, 6) is 0.555. The Hall–Kier alpha value is -1.63. The van der Waals surface area contributed by atoms with Crippen LogP contribution in [0.3, 0.4) is 0 Å². The van der Waals surface area contributed by atoms with Crippen molar-refractivity contribution in [3.8, 4) is 0 Å². The Balaban J connectivity index is 2.41. The van der Waals surface area contributed by atoms with Gasteiger partial charge in [-0.2, -0.15) is 0 Å². The van der Waals surface area contributed by atoms with Gasteiger partial charge >= 0.3 is 5.69 Å². The molecule has 24 heavy (non-hydrogen) atoms. The normalized spacial score (nSPS) is 19.8. The molecule has 134 valence electrons. The molecule has 0 amide bonds. The van der Waals surface area contributed by atoms with Gasteiger partial charge < -0.3 is 4.90 Å². The summed E-state index contributed by atoms with van der Waals surface area (Å²) in [6.07, 6.45) is 3.99. The first-order valence-electron chi connectivity index (χ1n) is 8.24. The van der Waals surface area contributed by atoms with E-state index in [4.69, 9.17) is 0 Å². The largest absolute Gasteiger partial charge is 0.366 e. The molecule has 1 heterocycles. The molecule has 1 fully saturated rings. The Kier molecular flexibility index (Phi) is 5.22. The van der Waals surface area contributed by atoms with E-state index in [0.717, 1.165) is 25.5 Å². The molecule has 2 rings (SSSR count). The molecule has 0 aliphatic carbocycles. The molecule has 1 saturated heterocycles. The number of anilines is 1. The smallest absolute Gasteiger partial charge is 0.311 e. The molecule has 1 aliphatic rings. The minimum atomic E-state index is -3.65. The number of hydrogen-bond acceptors (Lipinski definition) is 5. The average molecular weight is 354 g/mol. The Morgan fingerprint density at radius 1 is 1.21 bits per heavy atom. The van der Waals surface area contributed by atoms with Crippen LogP contribution in [0.25, 0.3) is 0 Å². The zero-order valence-electron chi connectivity index (χ0n) is 14.8. The molecular formula is C17H26N2O4S. The van der Waals surface area contributed by atoms with Gasteiger partial charge in [0.05, 0.1) is 4.92 Å². The third kappa shape index (κ3) is 4.06. The maximum Gasteiger partial charge on any atom is 0.311 e. The van der Waals surface area contributed by atoms with E-state index < -0.39 is 14.8 Å². The molecule has 0 aromatic heterocycles. The van der Waals surface area contributed by atoms with Gasteiger partial charge in [-0.15, -0.1) is 0 Å². The van der Waals surface area contributed by atoms with Gasteiger partial charge in [0.2, 0.25) is 0 Å². The van der Waals surface area contributed by atoms with E-state index in [0.29, 0.717) is 24.7 Å². The minimum absolute atomic E-state index is 0.205. The molecule has 6 nitrogen and oxygen atoms in total. The maximum absolute atomic E-state index is 11.9. The van der Waals surface area contributed by atoms with Crippen LogP contribution in [-0.2, 0) is 9.84 Å². The van der Waals surface area contributed by atoms with Crippen LogP contribution in [0.15, 0.2) is 23.1 Å². The van der Waals surface area contributed by atoms with Gasteiger partial charge in [0.15, 0.2) is 9.84 Å². The van der Waals surface area contributed by atoms with Crippen LogP contribution in [0.5, 0.6) is 0 Å². The highest BCUT2D eigenvalue weighted by Gasteiger charge is 2.32. The quantitative estimate of drug-likeness (QED) is 0.611.